The van der Waals surface area contributed by atoms with Gasteiger partial charge in [-0.3, -0.25) is 13.9 Å². The Bertz CT molecular complexity index is 1280. The molecule has 0 saturated carbocycles. The second-order valence-electron chi connectivity index (χ2n) is 7.67. The number of hydrazone groups is 1. The Labute approximate surface area is 204 Å². The van der Waals surface area contributed by atoms with E-state index in [0.29, 0.717) is 22.7 Å². The first kappa shape index (κ1) is 25.4. The summed E-state index contributed by atoms with van der Waals surface area (Å²) in [7, 11) is -3.66. The van der Waals surface area contributed by atoms with Gasteiger partial charge in [-0.15, -0.1) is 0 Å². The van der Waals surface area contributed by atoms with E-state index in [2.05, 4.69) is 15.8 Å². The average Bonchev–Trinajstić information content (AvgIpc) is 2.83. The predicted molar refractivity (Wildman–Crippen MR) is 136 cm³/mol. The number of sulfonamides is 1. The molecule has 0 atom stereocenters. The highest BCUT2D eigenvalue weighted by Crippen LogP contribution is 2.18. The molecule has 10 heteroatoms. The van der Waals surface area contributed by atoms with E-state index in [-0.39, 0.29) is 12.5 Å². The largest absolute Gasteiger partial charge is 0.484 e. The van der Waals surface area contributed by atoms with Crippen LogP contribution in [0, 0.1) is 6.92 Å². The van der Waals surface area contributed by atoms with Crippen LogP contribution in [0.15, 0.2) is 84.0 Å². The minimum absolute atomic E-state index is 0.143. The van der Waals surface area contributed by atoms with Crippen LogP contribution in [-0.4, -0.2) is 45.9 Å². The summed E-state index contributed by atoms with van der Waals surface area (Å²) in [5.74, 6) is -0.369. The first-order valence-electron chi connectivity index (χ1n) is 10.6. The number of hydrogen-bond donors (Lipinski definition) is 2. The highest BCUT2D eigenvalue weighted by molar-refractivity contribution is 7.92. The van der Waals surface area contributed by atoms with Gasteiger partial charge in [0.15, 0.2) is 6.61 Å². The van der Waals surface area contributed by atoms with Crippen molar-refractivity contribution in [1.82, 2.24) is 5.43 Å². The molecule has 3 aromatic carbocycles. The number of amides is 2. The number of nitrogens with one attached hydrogen (secondary N) is 2. The normalized spacial score (nSPS) is 11.1. The Hall–Kier alpha value is -4.18. The van der Waals surface area contributed by atoms with Crippen molar-refractivity contribution in [3.05, 3.63) is 90.0 Å². The lowest BCUT2D eigenvalue weighted by Gasteiger charge is -2.21. The molecule has 0 aromatic heterocycles. The molecule has 3 aromatic rings. The standard InChI is InChI=1S/C25H26N4O5S/c1-19-8-12-22(13-9-19)29(35(2,32)33)17-24(30)28-26-16-20-10-14-23(15-11-20)34-18-25(31)27-21-6-4-3-5-7-21/h3-16H,17-18H2,1-2H3,(H,27,31)(H,28,30)/b26-16-. The molecule has 2 amide bonds. The van der Waals surface area contributed by atoms with Crippen molar-refractivity contribution in [1.29, 1.82) is 0 Å². The summed E-state index contributed by atoms with van der Waals surface area (Å²) in [6, 6.07) is 22.6. The molecule has 0 aliphatic carbocycles. The molecular weight excluding hydrogens is 468 g/mol. The SMILES string of the molecule is Cc1ccc(N(CC(=O)N/N=C\c2ccc(OCC(=O)Nc3ccccc3)cc2)S(C)(=O)=O)cc1. The number of nitrogens with zero attached hydrogens (tertiary/aromatic N) is 2. The third kappa shape index (κ3) is 8.27. The molecule has 9 nitrogen and oxygen atoms in total. The number of ether oxygens (including phenoxy) is 1. The fraction of sp³-hybridized carbons (Fsp3) is 0.160. The van der Waals surface area contributed by atoms with E-state index in [9.17, 15) is 18.0 Å². The van der Waals surface area contributed by atoms with Gasteiger partial charge in [-0.05, 0) is 61.0 Å². The molecule has 0 saturated heterocycles. The Morgan fingerprint density at radius 3 is 2.23 bits per heavy atom. The van der Waals surface area contributed by atoms with Crippen LogP contribution in [0.2, 0.25) is 0 Å². The predicted octanol–water partition coefficient (Wildman–Crippen LogP) is 2.93. The molecule has 0 bridgehead atoms. The molecule has 0 heterocycles. The number of benzene rings is 3. The van der Waals surface area contributed by atoms with Gasteiger partial charge in [0.05, 0.1) is 18.2 Å². The lowest BCUT2D eigenvalue weighted by atomic mass is 10.2. The Kier molecular flexibility index (Phi) is 8.58. The maximum atomic E-state index is 12.3. The van der Waals surface area contributed by atoms with E-state index in [1.54, 1.807) is 60.7 Å². The van der Waals surface area contributed by atoms with Crippen LogP contribution in [0.3, 0.4) is 0 Å². The van der Waals surface area contributed by atoms with Crippen LogP contribution < -0.4 is 19.8 Å². The first-order valence-corrected chi connectivity index (χ1v) is 12.5. The Balaban J connectivity index is 1.49. The average molecular weight is 495 g/mol. The summed E-state index contributed by atoms with van der Waals surface area (Å²) in [6.07, 6.45) is 2.46. The van der Waals surface area contributed by atoms with Crippen molar-refractivity contribution in [3.8, 4) is 5.75 Å². The van der Waals surface area contributed by atoms with Crippen molar-refractivity contribution in [2.75, 3.05) is 29.0 Å². The fourth-order valence-electron chi connectivity index (χ4n) is 2.97. The third-order valence-corrected chi connectivity index (χ3v) is 5.86. The molecular formula is C25H26N4O5S. The highest BCUT2D eigenvalue weighted by atomic mass is 32.2. The van der Waals surface area contributed by atoms with Crippen molar-refractivity contribution in [2.45, 2.75) is 6.92 Å². The van der Waals surface area contributed by atoms with Gasteiger partial charge in [-0.1, -0.05) is 35.9 Å². The van der Waals surface area contributed by atoms with E-state index < -0.39 is 22.5 Å². The van der Waals surface area contributed by atoms with E-state index in [1.165, 1.54) is 6.21 Å². The maximum Gasteiger partial charge on any atom is 0.262 e. The second kappa shape index (κ2) is 11.8. The zero-order valence-electron chi connectivity index (χ0n) is 19.3. The molecule has 0 unspecified atom stereocenters. The lowest BCUT2D eigenvalue weighted by Crippen LogP contribution is -2.39. The van der Waals surface area contributed by atoms with Crippen LogP contribution in [0.1, 0.15) is 11.1 Å². The number of hydrogen-bond acceptors (Lipinski definition) is 6. The van der Waals surface area contributed by atoms with E-state index in [0.717, 1.165) is 16.1 Å². The van der Waals surface area contributed by atoms with Gasteiger partial charge in [0, 0.05) is 5.69 Å². The highest BCUT2D eigenvalue weighted by Gasteiger charge is 2.20. The monoisotopic (exact) mass is 494 g/mol. The van der Waals surface area contributed by atoms with Gasteiger partial charge in [0.2, 0.25) is 10.0 Å². The molecule has 2 N–H and O–H groups in total. The quantitative estimate of drug-likeness (QED) is 0.332. The molecule has 0 aliphatic heterocycles. The van der Waals surface area contributed by atoms with E-state index in [1.807, 2.05) is 25.1 Å². The summed E-state index contributed by atoms with van der Waals surface area (Å²) in [4.78, 5) is 24.2. The maximum absolute atomic E-state index is 12.3. The van der Waals surface area contributed by atoms with Crippen LogP contribution >= 0.6 is 0 Å². The zero-order valence-corrected chi connectivity index (χ0v) is 20.2. The van der Waals surface area contributed by atoms with Crippen molar-refractivity contribution in [2.24, 2.45) is 5.10 Å². The number of carbonyl (C=O) groups is 2. The third-order valence-electron chi connectivity index (χ3n) is 4.72. The number of para-hydroxylation sites is 1. The fourth-order valence-corrected chi connectivity index (χ4v) is 3.83. The topological polar surface area (TPSA) is 117 Å². The second-order valence-corrected chi connectivity index (χ2v) is 9.58. The van der Waals surface area contributed by atoms with Crippen LogP contribution in [-0.2, 0) is 19.6 Å². The number of carbonyl (C=O) groups excluding carboxylic acids is 2. The first-order chi connectivity index (χ1) is 16.7. The van der Waals surface area contributed by atoms with Crippen LogP contribution in [0.5, 0.6) is 5.75 Å². The van der Waals surface area contributed by atoms with Gasteiger partial charge >= 0.3 is 0 Å². The molecule has 0 spiro atoms. The summed E-state index contributed by atoms with van der Waals surface area (Å²) in [6.45, 7) is 1.34. The van der Waals surface area contributed by atoms with Gasteiger partial charge in [0.1, 0.15) is 12.3 Å². The molecule has 0 fully saturated rings. The Morgan fingerprint density at radius 1 is 0.943 bits per heavy atom. The molecule has 3 rings (SSSR count). The summed E-state index contributed by atoms with van der Waals surface area (Å²) < 4.78 is 30.8. The van der Waals surface area contributed by atoms with Crippen molar-refractivity contribution in [3.63, 3.8) is 0 Å². The Morgan fingerprint density at radius 2 is 1.60 bits per heavy atom. The number of anilines is 2. The van der Waals surface area contributed by atoms with Crippen LogP contribution in [0.25, 0.3) is 0 Å². The van der Waals surface area contributed by atoms with Gasteiger partial charge in [-0.2, -0.15) is 5.10 Å². The van der Waals surface area contributed by atoms with Crippen molar-refractivity contribution >= 4 is 39.4 Å². The molecule has 35 heavy (non-hydrogen) atoms. The van der Waals surface area contributed by atoms with Gasteiger partial charge in [-0.25, -0.2) is 13.8 Å². The number of rotatable bonds is 10. The number of aryl methyl sites for hydroxylation is 1. The summed E-state index contributed by atoms with van der Waals surface area (Å²) >= 11 is 0. The lowest BCUT2D eigenvalue weighted by molar-refractivity contribution is -0.119. The molecule has 0 radical (unpaired) electrons. The zero-order chi connectivity index (χ0) is 25.3. The molecule has 182 valence electrons. The summed E-state index contributed by atoms with van der Waals surface area (Å²) in [5, 5.41) is 6.62. The smallest absolute Gasteiger partial charge is 0.262 e. The summed E-state index contributed by atoms with van der Waals surface area (Å²) in [5.41, 5.74) is 5.06. The van der Waals surface area contributed by atoms with Crippen LogP contribution in [0.4, 0.5) is 11.4 Å². The van der Waals surface area contributed by atoms with E-state index in [4.69, 9.17) is 4.74 Å². The van der Waals surface area contributed by atoms with Gasteiger partial charge in [0.25, 0.3) is 11.8 Å². The van der Waals surface area contributed by atoms with E-state index >= 15 is 0 Å². The van der Waals surface area contributed by atoms with Crippen molar-refractivity contribution < 1.29 is 22.7 Å². The van der Waals surface area contributed by atoms with Gasteiger partial charge < -0.3 is 10.1 Å². The minimum atomic E-state index is -3.66. The minimum Gasteiger partial charge on any atom is -0.484 e. The molecule has 0 aliphatic rings.